The van der Waals surface area contributed by atoms with Gasteiger partial charge in [-0.25, -0.2) is 15.0 Å². The first-order valence-corrected chi connectivity index (χ1v) is 9.37. The monoisotopic (exact) mass is 394 g/mol. The molecule has 0 spiro atoms. The number of nitrogens with zero attached hydrogens (tertiary/aromatic N) is 4. The molecule has 2 aromatic heterocycles. The van der Waals surface area contributed by atoms with E-state index in [1.54, 1.807) is 6.07 Å². The lowest BCUT2D eigenvalue weighted by atomic mass is 10.1. The van der Waals surface area contributed by atoms with Crippen LogP contribution < -0.4 is 4.74 Å². The molecule has 0 aliphatic heterocycles. The van der Waals surface area contributed by atoms with Crippen molar-refractivity contribution in [3.63, 3.8) is 0 Å². The number of aromatic nitrogens is 4. The standard InChI is InChI=1S/C19H21ClF2N4O/c1-3-5-6-9-26-15(4-2)25-17-16(23-11-24-18(17)26)13-8-7-12(10-14(13)20)27-19(21)22/h7-8,10-11,19H,3-6,9H2,1-2H3. The molecule has 27 heavy (non-hydrogen) atoms. The minimum absolute atomic E-state index is 0.00314. The van der Waals surface area contributed by atoms with E-state index in [0.29, 0.717) is 16.8 Å². The maximum Gasteiger partial charge on any atom is 0.387 e. The highest BCUT2D eigenvalue weighted by molar-refractivity contribution is 6.33. The Morgan fingerprint density at radius 2 is 2.00 bits per heavy atom. The highest BCUT2D eigenvalue weighted by atomic mass is 35.5. The summed E-state index contributed by atoms with van der Waals surface area (Å²) < 4.78 is 31.3. The molecule has 3 aromatic rings. The van der Waals surface area contributed by atoms with Gasteiger partial charge in [0.25, 0.3) is 0 Å². The summed E-state index contributed by atoms with van der Waals surface area (Å²) in [6.07, 6.45) is 5.58. The Bertz CT molecular complexity index is 929. The molecule has 0 saturated heterocycles. The molecule has 0 bridgehead atoms. The predicted octanol–water partition coefficient (Wildman–Crippen LogP) is 5.50. The second-order valence-corrected chi connectivity index (χ2v) is 6.56. The maximum absolute atomic E-state index is 12.4. The van der Waals surface area contributed by atoms with Crippen molar-refractivity contribution in [1.29, 1.82) is 0 Å². The summed E-state index contributed by atoms with van der Waals surface area (Å²) in [5.41, 5.74) is 2.61. The highest BCUT2D eigenvalue weighted by Gasteiger charge is 2.18. The second-order valence-electron chi connectivity index (χ2n) is 6.15. The van der Waals surface area contributed by atoms with Crippen LogP contribution in [0.25, 0.3) is 22.4 Å². The van der Waals surface area contributed by atoms with Gasteiger partial charge in [0.15, 0.2) is 5.65 Å². The first-order valence-electron chi connectivity index (χ1n) is 9.00. The summed E-state index contributed by atoms with van der Waals surface area (Å²) in [6, 6.07) is 4.42. The van der Waals surface area contributed by atoms with E-state index < -0.39 is 6.61 Å². The van der Waals surface area contributed by atoms with Crippen molar-refractivity contribution in [3.8, 4) is 17.0 Å². The molecule has 0 aliphatic rings. The van der Waals surface area contributed by atoms with E-state index in [4.69, 9.17) is 16.6 Å². The van der Waals surface area contributed by atoms with Gasteiger partial charge in [0.2, 0.25) is 0 Å². The van der Waals surface area contributed by atoms with Gasteiger partial charge in [0, 0.05) is 18.5 Å². The van der Waals surface area contributed by atoms with Crippen LogP contribution in [0.1, 0.15) is 38.9 Å². The van der Waals surface area contributed by atoms with Crippen LogP contribution in [0.5, 0.6) is 5.75 Å². The third-order valence-electron chi connectivity index (χ3n) is 4.33. The number of imidazole rings is 1. The summed E-state index contributed by atoms with van der Waals surface area (Å²) in [7, 11) is 0. The number of halogens is 3. The number of fused-ring (bicyclic) bond motifs is 1. The first kappa shape index (κ1) is 19.5. The summed E-state index contributed by atoms with van der Waals surface area (Å²) >= 11 is 6.31. The fourth-order valence-electron chi connectivity index (χ4n) is 3.07. The Morgan fingerprint density at radius 3 is 2.67 bits per heavy atom. The van der Waals surface area contributed by atoms with Crippen molar-refractivity contribution in [1.82, 2.24) is 19.5 Å². The van der Waals surface area contributed by atoms with Crippen LogP contribution in [0.15, 0.2) is 24.5 Å². The van der Waals surface area contributed by atoms with E-state index in [-0.39, 0.29) is 10.8 Å². The van der Waals surface area contributed by atoms with Gasteiger partial charge >= 0.3 is 6.61 Å². The molecule has 0 fully saturated rings. The molecule has 0 atom stereocenters. The van der Waals surface area contributed by atoms with E-state index >= 15 is 0 Å². The van der Waals surface area contributed by atoms with Crippen LogP contribution >= 0.6 is 11.6 Å². The normalized spacial score (nSPS) is 11.5. The molecule has 0 radical (unpaired) electrons. The second kappa shape index (κ2) is 8.61. The lowest BCUT2D eigenvalue weighted by molar-refractivity contribution is -0.0498. The largest absolute Gasteiger partial charge is 0.435 e. The maximum atomic E-state index is 12.4. The van der Waals surface area contributed by atoms with Gasteiger partial charge in [-0.1, -0.05) is 38.3 Å². The number of rotatable bonds is 8. The van der Waals surface area contributed by atoms with E-state index in [9.17, 15) is 8.78 Å². The molecule has 0 amide bonds. The van der Waals surface area contributed by atoms with Crippen molar-refractivity contribution in [2.45, 2.75) is 52.7 Å². The third-order valence-corrected chi connectivity index (χ3v) is 4.65. The topological polar surface area (TPSA) is 52.8 Å². The van der Waals surface area contributed by atoms with Crippen LogP contribution in [-0.4, -0.2) is 26.1 Å². The molecule has 2 heterocycles. The number of benzene rings is 1. The molecule has 0 saturated carbocycles. The van der Waals surface area contributed by atoms with Crippen molar-refractivity contribution >= 4 is 22.8 Å². The summed E-state index contributed by atoms with van der Waals surface area (Å²) in [4.78, 5) is 13.5. The van der Waals surface area contributed by atoms with Crippen molar-refractivity contribution in [3.05, 3.63) is 35.4 Å². The Hall–Kier alpha value is -2.28. The van der Waals surface area contributed by atoms with E-state index in [1.165, 1.54) is 18.5 Å². The number of aryl methyl sites for hydroxylation is 2. The molecule has 0 N–H and O–H groups in total. The van der Waals surface area contributed by atoms with E-state index in [0.717, 1.165) is 43.7 Å². The van der Waals surface area contributed by atoms with Crippen molar-refractivity contribution < 1.29 is 13.5 Å². The Kier molecular flexibility index (Phi) is 6.21. The van der Waals surface area contributed by atoms with Gasteiger partial charge in [-0.2, -0.15) is 8.78 Å². The lowest BCUT2D eigenvalue weighted by Crippen LogP contribution is -2.04. The molecular formula is C19H21ClF2N4O. The van der Waals surface area contributed by atoms with Crippen LogP contribution in [0.2, 0.25) is 5.02 Å². The first-order chi connectivity index (χ1) is 13.0. The van der Waals surface area contributed by atoms with E-state index in [1.807, 2.05) is 6.92 Å². The Labute approximate surface area is 161 Å². The molecule has 144 valence electrons. The zero-order valence-corrected chi connectivity index (χ0v) is 16.0. The number of alkyl halides is 2. The molecule has 3 rings (SSSR count). The van der Waals surface area contributed by atoms with Crippen molar-refractivity contribution in [2.75, 3.05) is 0 Å². The van der Waals surface area contributed by atoms with Gasteiger partial charge in [-0.3, -0.25) is 0 Å². The third kappa shape index (κ3) is 4.18. The SMILES string of the molecule is CCCCCn1c(CC)nc2c(-c3ccc(OC(F)F)cc3Cl)ncnc21. The van der Waals surface area contributed by atoms with Gasteiger partial charge in [0.1, 0.15) is 29.1 Å². The van der Waals surface area contributed by atoms with Crippen molar-refractivity contribution in [2.24, 2.45) is 0 Å². The van der Waals surface area contributed by atoms with Gasteiger partial charge in [0.05, 0.1) is 5.02 Å². The van der Waals surface area contributed by atoms with Gasteiger partial charge in [-0.15, -0.1) is 0 Å². The molecule has 8 heteroatoms. The summed E-state index contributed by atoms with van der Waals surface area (Å²) in [5.74, 6) is 0.944. The zero-order chi connectivity index (χ0) is 19.4. The molecule has 1 aromatic carbocycles. The van der Waals surface area contributed by atoms with Crippen LogP contribution in [0.4, 0.5) is 8.78 Å². The van der Waals surface area contributed by atoms with Crippen LogP contribution in [0, 0.1) is 0 Å². The van der Waals surface area contributed by atoms with Crippen LogP contribution in [-0.2, 0) is 13.0 Å². The average Bonchev–Trinajstić information content (AvgIpc) is 3.00. The molecule has 0 unspecified atom stereocenters. The lowest BCUT2D eigenvalue weighted by Gasteiger charge is -2.09. The summed E-state index contributed by atoms with van der Waals surface area (Å²) in [5, 5.41) is 0.270. The number of ether oxygens (including phenoxy) is 1. The molecule has 5 nitrogen and oxygen atoms in total. The average molecular weight is 395 g/mol. The number of unbranched alkanes of at least 4 members (excludes halogenated alkanes) is 2. The molecular weight excluding hydrogens is 374 g/mol. The number of hydrogen-bond donors (Lipinski definition) is 0. The minimum Gasteiger partial charge on any atom is -0.435 e. The van der Waals surface area contributed by atoms with E-state index in [2.05, 4.69) is 26.2 Å². The predicted molar refractivity (Wildman–Crippen MR) is 101 cm³/mol. The summed E-state index contributed by atoms with van der Waals surface area (Å²) in [6.45, 7) is 2.16. The van der Waals surface area contributed by atoms with Gasteiger partial charge < -0.3 is 9.30 Å². The smallest absolute Gasteiger partial charge is 0.387 e. The fourth-order valence-corrected chi connectivity index (χ4v) is 3.33. The number of hydrogen-bond acceptors (Lipinski definition) is 4. The highest BCUT2D eigenvalue weighted by Crippen LogP contribution is 2.34. The quantitative estimate of drug-likeness (QED) is 0.473. The molecule has 0 aliphatic carbocycles. The Morgan fingerprint density at radius 1 is 1.19 bits per heavy atom. The zero-order valence-electron chi connectivity index (χ0n) is 15.3. The minimum atomic E-state index is -2.90. The Balaban J connectivity index is 2.05. The fraction of sp³-hybridized carbons (Fsp3) is 0.421. The van der Waals surface area contributed by atoms with Gasteiger partial charge in [-0.05, 0) is 24.6 Å². The van der Waals surface area contributed by atoms with Crippen LogP contribution in [0.3, 0.4) is 0 Å².